The van der Waals surface area contributed by atoms with Crippen LogP contribution in [0.5, 0.6) is 0 Å². The van der Waals surface area contributed by atoms with Crippen LogP contribution in [0.15, 0.2) is 0 Å². The lowest BCUT2D eigenvalue weighted by atomic mass is 10.4. The number of hydrogen-bond acceptors (Lipinski definition) is 4. The third-order valence-electron chi connectivity index (χ3n) is 1.30. The fraction of sp³-hybridized carbons (Fsp3) is 0.286. The standard InChI is InChI=1S/C7H7NO3S/c1-3(9)6-8-5(7(10)11)4(2)12-6/h1-2H3,(H,10,11). The molecule has 0 spiro atoms. The van der Waals surface area contributed by atoms with E-state index in [1.807, 2.05) is 0 Å². The summed E-state index contributed by atoms with van der Waals surface area (Å²) in [5.74, 6) is -1.29. The van der Waals surface area contributed by atoms with Gasteiger partial charge in [-0.3, -0.25) is 4.79 Å². The van der Waals surface area contributed by atoms with Crippen molar-refractivity contribution in [1.82, 2.24) is 4.98 Å². The Hall–Kier alpha value is -1.23. The van der Waals surface area contributed by atoms with Gasteiger partial charge in [0, 0.05) is 11.8 Å². The van der Waals surface area contributed by atoms with Gasteiger partial charge in [0.15, 0.2) is 16.5 Å². The van der Waals surface area contributed by atoms with E-state index in [9.17, 15) is 9.59 Å². The smallest absolute Gasteiger partial charge is 0.355 e. The third-order valence-corrected chi connectivity index (χ3v) is 2.37. The van der Waals surface area contributed by atoms with Gasteiger partial charge in [0.05, 0.1) is 0 Å². The Balaban J connectivity index is 3.17. The van der Waals surface area contributed by atoms with Crippen molar-refractivity contribution in [3.05, 3.63) is 15.6 Å². The number of carboxylic acid groups (broad SMARTS) is 1. The summed E-state index contributed by atoms with van der Waals surface area (Å²) >= 11 is 1.11. The maximum absolute atomic E-state index is 10.8. The fourth-order valence-electron chi connectivity index (χ4n) is 0.745. The van der Waals surface area contributed by atoms with Gasteiger partial charge >= 0.3 is 5.97 Å². The van der Waals surface area contributed by atoms with Gasteiger partial charge in [0.1, 0.15) is 0 Å². The average Bonchev–Trinajstić information content (AvgIpc) is 2.30. The number of thiazole rings is 1. The van der Waals surface area contributed by atoms with Crippen LogP contribution in [0, 0.1) is 6.92 Å². The lowest BCUT2D eigenvalue weighted by Gasteiger charge is -1.85. The van der Waals surface area contributed by atoms with E-state index in [1.165, 1.54) is 6.92 Å². The molecule has 0 radical (unpaired) electrons. The number of rotatable bonds is 2. The number of Topliss-reactive ketones (excluding diaryl/α,β-unsaturated/α-hetero) is 1. The van der Waals surface area contributed by atoms with Crippen LogP contribution < -0.4 is 0 Å². The topological polar surface area (TPSA) is 67.3 Å². The molecule has 1 N–H and O–H groups in total. The number of aromatic carboxylic acids is 1. The molecule has 0 amide bonds. The number of ketones is 1. The van der Waals surface area contributed by atoms with Crippen LogP contribution in [0.25, 0.3) is 0 Å². The highest BCUT2D eigenvalue weighted by Crippen LogP contribution is 2.17. The van der Waals surface area contributed by atoms with Crippen LogP contribution in [0.4, 0.5) is 0 Å². The molecule has 0 aliphatic rings. The van der Waals surface area contributed by atoms with Crippen LogP contribution in [-0.4, -0.2) is 21.8 Å². The number of nitrogens with zero attached hydrogens (tertiary/aromatic N) is 1. The molecule has 0 atom stereocenters. The van der Waals surface area contributed by atoms with Crippen molar-refractivity contribution in [3.63, 3.8) is 0 Å². The molecule has 4 nitrogen and oxygen atoms in total. The molecule has 0 saturated heterocycles. The minimum atomic E-state index is -1.09. The lowest BCUT2D eigenvalue weighted by Crippen LogP contribution is -2.00. The highest BCUT2D eigenvalue weighted by atomic mass is 32.1. The first kappa shape index (κ1) is 8.86. The Morgan fingerprint density at radius 3 is 2.33 bits per heavy atom. The second-order valence-corrected chi connectivity index (χ2v) is 3.49. The molecule has 0 bridgehead atoms. The second-order valence-electron chi connectivity index (χ2n) is 2.29. The van der Waals surface area contributed by atoms with Gasteiger partial charge in [-0.25, -0.2) is 9.78 Å². The maximum Gasteiger partial charge on any atom is 0.355 e. The van der Waals surface area contributed by atoms with Crippen LogP contribution in [-0.2, 0) is 0 Å². The summed E-state index contributed by atoms with van der Waals surface area (Å²) in [7, 11) is 0. The summed E-state index contributed by atoms with van der Waals surface area (Å²) in [6, 6.07) is 0. The third kappa shape index (κ3) is 1.50. The summed E-state index contributed by atoms with van der Waals surface area (Å²) in [4.78, 5) is 25.5. The normalized spacial score (nSPS) is 9.83. The van der Waals surface area contributed by atoms with Gasteiger partial charge < -0.3 is 5.11 Å². The number of aryl methyl sites for hydroxylation is 1. The first-order valence-corrected chi connectivity index (χ1v) is 4.05. The molecule has 0 fully saturated rings. The second kappa shape index (κ2) is 3.02. The van der Waals surface area contributed by atoms with Gasteiger partial charge in [-0.2, -0.15) is 0 Å². The quantitative estimate of drug-likeness (QED) is 0.706. The molecule has 1 rings (SSSR count). The molecule has 12 heavy (non-hydrogen) atoms. The molecule has 1 aromatic rings. The van der Waals surface area contributed by atoms with E-state index in [-0.39, 0.29) is 16.5 Å². The van der Waals surface area contributed by atoms with E-state index < -0.39 is 5.97 Å². The van der Waals surface area contributed by atoms with Gasteiger partial charge in [-0.05, 0) is 6.92 Å². The van der Waals surface area contributed by atoms with Crippen molar-refractivity contribution >= 4 is 23.1 Å². The number of hydrogen-bond donors (Lipinski definition) is 1. The van der Waals surface area contributed by atoms with Crippen LogP contribution in [0.1, 0.15) is 32.1 Å². The first-order chi connectivity index (χ1) is 5.52. The lowest BCUT2D eigenvalue weighted by molar-refractivity contribution is 0.0690. The van der Waals surface area contributed by atoms with E-state index >= 15 is 0 Å². The fourth-order valence-corrected chi connectivity index (χ4v) is 1.55. The van der Waals surface area contributed by atoms with Crippen molar-refractivity contribution in [2.75, 3.05) is 0 Å². The highest BCUT2D eigenvalue weighted by molar-refractivity contribution is 7.13. The predicted octanol–water partition coefficient (Wildman–Crippen LogP) is 1.35. The minimum absolute atomic E-state index is 0.0230. The van der Waals surface area contributed by atoms with Gasteiger partial charge in [0.2, 0.25) is 0 Å². The number of carboxylic acids is 1. The zero-order valence-electron chi connectivity index (χ0n) is 6.62. The van der Waals surface area contributed by atoms with E-state index in [1.54, 1.807) is 6.92 Å². The van der Waals surface area contributed by atoms with Crippen molar-refractivity contribution in [2.45, 2.75) is 13.8 Å². The van der Waals surface area contributed by atoms with E-state index in [0.717, 1.165) is 11.3 Å². The SMILES string of the molecule is CC(=O)c1nc(C(=O)O)c(C)s1. The summed E-state index contributed by atoms with van der Waals surface area (Å²) < 4.78 is 0. The Kier molecular flexibility index (Phi) is 2.23. The van der Waals surface area contributed by atoms with Crippen molar-refractivity contribution in [1.29, 1.82) is 0 Å². The number of carbonyl (C=O) groups excluding carboxylic acids is 1. The van der Waals surface area contributed by atoms with Crippen LogP contribution >= 0.6 is 11.3 Å². The molecular weight excluding hydrogens is 178 g/mol. The molecule has 0 aliphatic carbocycles. The van der Waals surface area contributed by atoms with Crippen molar-refractivity contribution in [2.24, 2.45) is 0 Å². The molecule has 0 aromatic carbocycles. The van der Waals surface area contributed by atoms with E-state index in [4.69, 9.17) is 5.11 Å². The molecule has 1 heterocycles. The molecular formula is C7H7NO3S. The molecule has 0 unspecified atom stereocenters. The summed E-state index contributed by atoms with van der Waals surface area (Å²) in [6.07, 6.45) is 0. The van der Waals surface area contributed by atoms with Crippen molar-refractivity contribution < 1.29 is 14.7 Å². The average molecular weight is 185 g/mol. The Morgan fingerprint density at radius 2 is 2.08 bits per heavy atom. The molecule has 1 aromatic heterocycles. The Morgan fingerprint density at radius 1 is 1.50 bits per heavy atom. The van der Waals surface area contributed by atoms with Gasteiger partial charge in [-0.1, -0.05) is 0 Å². The predicted molar refractivity (Wildman–Crippen MR) is 43.8 cm³/mol. The van der Waals surface area contributed by atoms with E-state index in [2.05, 4.69) is 4.98 Å². The maximum atomic E-state index is 10.8. The molecule has 0 aliphatic heterocycles. The first-order valence-electron chi connectivity index (χ1n) is 3.24. The number of carbonyl (C=O) groups is 2. The largest absolute Gasteiger partial charge is 0.476 e. The zero-order chi connectivity index (χ0) is 9.30. The van der Waals surface area contributed by atoms with Gasteiger partial charge in [0.25, 0.3) is 0 Å². The van der Waals surface area contributed by atoms with Gasteiger partial charge in [-0.15, -0.1) is 11.3 Å². The Labute approximate surface area is 72.9 Å². The summed E-state index contributed by atoms with van der Waals surface area (Å²) in [5, 5.41) is 8.85. The molecule has 64 valence electrons. The monoisotopic (exact) mass is 185 g/mol. The van der Waals surface area contributed by atoms with E-state index in [0.29, 0.717) is 4.88 Å². The molecule has 5 heteroatoms. The Bertz CT molecular complexity index is 342. The van der Waals surface area contributed by atoms with Crippen LogP contribution in [0.3, 0.4) is 0 Å². The minimum Gasteiger partial charge on any atom is -0.476 e. The van der Waals surface area contributed by atoms with Crippen LogP contribution in [0.2, 0.25) is 0 Å². The summed E-state index contributed by atoms with van der Waals surface area (Å²) in [5.41, 5.74) is -0.0230. The summed E-state index contributed by atoms with van der Waals surface area (Å²) in [6.45, 7) is 3.00. The van der Waals surface area contributed by atoms with Crippen molar-refractivity contribution in [3.8, 4) is 0 Å². The molecule has 0 saturated carbocycles. The highest BCUT2D eigenvalue weighted by Gasteiger charge is 2.15. The number of aromatic nitrogens is 1. The zero-order valence-corrected chi connectivity index (χ0v) is 7.44.